The summed E-state index contributed by atoms with van der Waals surface area (Å²) in [6.45, 7) is 3.81. The van der Waals surface area contributed by atoms with Crippen molar-refractivity contribution in [3.05, 3.63) is 0 Å². The lowest BCUT2D eigenvalue weighted by Crippen LogP contribution is -2.22. The molecule has 0 spiro atoms. The molecular weight excluding hydrogens is 154 g/mol. The molecule has 68 valence electrons. The van der Waals surface area contributed by atoms with E-state index in [2.05, 4.69) is 11.8 Å². The fourth-order valence-electron chi connectivity index (χ4n) is 1.37. The molecule has 0 aromatic rings. The summed E-state index contributed by atoms with van der Waals surface area (Å²) in [4.78, 5) is 2.03. The fraction of sp³-hybridized carbons (Fsp3) is 0.778. The van der Waals surface area contributed by atoms with Crippen molar-refractivity contribution in [3.63, 3.8) is 0 Å². The number of aliphatic hydroxyl groups excluding tert-OH is 2. The molecule has 2 atom stereocenters. The average Bonchev–Trinajstić information content (AvgIpc) is 2.32. The Labute approximate surface area is 73.0 Å². The Morgan fingerprint density at radius 2 is 1.92 bits per heavy atom. The van der Waals surface area contributed by atoms with E-state index in [1.54, 1.807) is 0 Å². The van der Waals surface area contributed by atoms with Crippen LogP contribution in [-0.2, 0) is 0 Å². The maximum absolute atomic E-state index is 9.20. The van der Waals surface area contributed by atoms with Gasteiger partial charge in [-0.05, 0) is 6.92 Å². The van der Waals surface area contributed by atoms with Gasteiger partial charge in [0.25, 0.3) is 0 Å². The van der Waals surface area contributed by atoms with Crippen molar-refractivity contribution in [2.45, 2.75) is 25.6 Å². The Balaban J connectivity index is 2.21. The summed E-state index contributed by atoms with van der Waals surface area (Å²) in [5, 5.41) is 18.4. The number of hydrogen-bond acceptors (Lipinski definition) is 3. The largest absolute Gasteiger partial charge is 0.389 e. The molecule has 2 N–H and O–H groups in total. The molecule has 0 amide bonds. The van der Waals surface area contributed by atoms with Crippen LogP contribution in [0.15, 0.2) is 0 Å². The Morgan fingerprint density at radius 1 is 1.33 bits per heavy atom. The van der Waals surface area contributed by atoms with Crippen molar-refractivity contribution in [2.24, 2.45) is 0 Å². The molecule has 0 saturated carbocycles. The minimum Gasteiger partial charge on any atom is -0.389 e. The second kappa shape index (κ2) is 4.46. The van der Waals surface area contributed by atoms with E-state index in [-0.39, 0.29) is 0 Å². The van der Waals surface area contributed by atoms with E-state index in [0.717, 1.165) is 13.0 Å². The molecule has 1 fully saturated rings. The van der Waals surface area contributed by atoms with Gasteiger partial charge in [0.2, 0.25) is 0 Å². The van der Waals surface area contributed by atoms with Crippen LogP contribution in [0.5, 0.6) is 0 Å². The van der Waals surface area contributed by atoms with Gasteiger partial charge in [0, 0.05) is 26.1 Å². The Morgan fingerprint density at radius 3 is 2.42 bits per heavy atom. The SMILES string of the molecule is CC#CCCN1CC(O)C(O)C1. The minimum absolute atomic E-state index is 0.570. The van der Waals surface area contributed by atoms with Gasteiger partial charge in [-0.3, -0.25) is 4.90 Å². The predicted molar refractivity (Wildman–Crippen MR) is 46.5 cm³/mol. The van der Waals surface area contributed by atoms with Crippen LogP contribution in [0.4, 0.5) is 0 Å². The summed E-state index contributed by atoms with van der Waals surface area (Å²) in [5.74, 6) is 5.76. The summed E-state index contributed by atoms with van der Waals surface area (Å²) < 4.78 is 0. The van der Waals surface area contributed by atoms with E-state index in [0.29, 0.717) is 13.1 Å². The lowest BCUT2D eigenvalue weighted by molar-refractivity contribution is 0.0572. The molecule has 3 heteroatoms. The highest BCUT2D eigenvalue weighted by Gasteiger charge is 2.28. The van der Waals surface area contributed by atoms with Crippen LogP contribution in [0.2, 0.25) is 0 Å². The second-order valence-electron chi connectivity index (χ2n) is 3.07. The van der Waals surface area contributed by atoms with Crippen LogP contribution >= 0.6 is 0 Å². The summed E-state index contributed by atoms with van der Waals surface area (Å²) in [5.41, 5.74) is 0. The van der Waals surface area contributed by atoms with Gasteiger partial charge >= 0.3 is 0 Å². The van der Waals surface area contributed by atoms with Gasteiger partial charge in [-0.1, -0.05) is 0 Å². The Kier molecular flexibility index (Phi) is 3.54. The van der Waals surface area contributed by atoms with E-state index in [1.807, 2.05) is 11.8 Å². The standard InChI is InChI=1S/C9H15NO2/c1-2-3-4-5-10-6-8(11)9(12)7-10/h8-9,11-12H,4-7H2,1H3. The molecule has 1 heterocycles. The smallest absolute Gasteiger partial charge is 0.0938 e. The highest BCUT2D eigenvalue weighted by Crippen LogP contribution is 2.09. The molecular formula is C9H15NO2. The predicted octanol–water partition coefficient (Wildman–Crippen LogP) is -0.563. The van der Waals surface area contributed by atoms with Crippen LogP contribution in [0.1, 0.15) is 13.3 Å². The molecule has 1 saturated heterocycles. The van der Waals surface area contributed by atoms with E-state index < -0.39 is 12.2 Å². The zero-order valence-electron chi connectivity index (χ0n) is 7.32. The van der Waals surface area contributed by atoms with E-state index in [1.165, 1.54) is 0 Å². The Hall–Kier alpha value is -0.560. The maximum Gasteiger partial charge on any atom is 0.0938 e. The normalized spacial score (nSPS) is 29.9. The molecule has 0 aromatic heterocycles. The van der Waals surface area contributed by atoms with Crippen molar-refractivity contribution in [3.8, 4) is 11.8 Å². The van der Waals surface area contributed by atoms with Crippen LogP contribution in [-0.4, -0.2) is 47.0 Å². The van der Waals surface area contributed by atoms with Gasteiger partial charge in [0.15, 0.2) is 0 Å². The third-order valence-corrected chi connectivity index (χ3v) is 2.06. The minimum atomic E-state index is -0.570. The number of β-amino-alcohol motifs (C(OH)–C–C–N with tert-alkyl or cyclic N) is 2. The van der Waals surface area contributed by atoms with Gasteiger partial charge in [0.1, 0.15) is 0 Å². The van der Waals surface area contributed by atoms with Crippen LogP contribution in [0.3, 0.4) is 0 Å². The summed E-state index contributed by atoms with van der Waals surface area (Å²) >= 11 is 0. The second-order valence-corrected chi connectivity index (χ2v) is 3.07. The van der Waals surface area contributed by atoms with Crippen molar-refractivity contribution in [1.82, 2.24) is 4.90 Å². The first-order valence-electron chi connectivity index (χ1n) is 4.22. The molecule has 0 aromatic carbocycles. The molecule has 0 radical (unpaired) electrons. The van der Waals surface area contributed by atoms with Crippen molar-refractivity contribution in [2.75, 3.05) is 19.6 Å². The summed E-state index contributed by atoms with van der Waals surface area (Å²) in [6.07, 6.45) is -0.324. The molecule has 3 nitrogen and oxygen atoms in total. The van der Waals surface area contributed by atoms with E-state index in [4.69, 9.17) is 0 Å². The lowest BCUT2D eigenvalue weighted by atomic mass is 10.3. The molecule has 0 aliphatic carbocycles. The van der Waals surface area contributed by atoms with Gasteiger partial charge in [0.05, 0.1) is 12.2 Å². The average molecular weight is 169 g/mol. The summed E-state index contributed by atoms with van der Waals surface area (Å²) in [7, 11) is 0. The molecule has 2 unspecified atom stereocenters. The highest BCUT2D eigenvalue weighted by atomic mass is 16.3. The van der Waals surface area contributed by atoms with Gasteiger partial charge < -0.3 is 10.2 Å². The number of hydrogen-bond donors (Lipinski definition) is 2. The van der Waals surface area contributed by atoms with Crippen LogP contribution < -0.4 is 0 Å². The monoisotopic (exact) mass is 169 g/mol. The molecule has 1 aliphatic rings. The molecule has 1 rings (SSSR count). The quantitative estimate of drug-likeness (QED) is 0.544. The molecule has 12 heavy (non-hydrogen) atoms. The zero-order chi connectivity index (χ0) is 8.97. The third kappa shape index (κ3) is 2.49. The number of nitrogens with zero attached hydrogens (tertiary/aromatic N) is 1. The van der Waals surface area contributed by atoms with Gasteiger partial charge in [-0.25, -0.2) is 0 Å². The summed E-state index contributed by atoms with van der Waals surface area (Å²) in [6, 6.07) is 0. The first kappa shape index (κ1) is 9.53. The van der Waals surface area contributed by atoms with E-state index >= 15 is 0 Å². The fourth-order valence-corrected chi connectivity index (χ4v) is 1.37. The lowest BCUT2D eigenvalue weighted by Gasteiger charge is -2.11. The molecule has 0 bridgehead atoms. The van der Waals surface area contributed by atoms with Gasteiger partial charge in [-0.2, -0.15) is 0 Å². The van der Waals surface area contributed by atoms with E-state index in [9.17, 15) is 10.2 Å². The number of likely N-dealkylation sites (tertiary alicyclic amines) is 1. The third-order valence-electron chi connectivity index (χ3n) is 2.06. The first-order valence-corrected chi connectivity index (χ1v) is 4.22. The zero-order valence-corrected chi connectivity index (χ0v) is 7.32. The van der Waals surface area contributed by atoms with Crippen molar-refractivity contribution >= 4 is 0 Å². The maximum atomic E-state index is 9.20. The number of rotatable bonds is 2. The van der Waals surface area contributed by atoms with Crippen LogP contribution in [0, 0.1) is 11.8 Å². The van der Waals surface area contributed by atoms with Gasteiger partial charge in [-0.15, -0.1) is 11.8 Å². The molecule has 1 aliphatic heterocycles. The first-order chi connectivity index (χ1) is 5.74. The van der Waals surface area contributed by atoms with Crippen molar-refractivity contribution < 1.29 is 10.2 Å². The van der Waals surface area contributed by atoms with Crippen molar-refractivity contribution in [1.29, 1.82) is 0 Å². The highest BCUT2D eigenvalue weighted by molar-refractivity contribution is 4.96. The van der Waals surface area contributed by atoms with Crippen LogP contribution in [0.25, 0.3) is 0 Å². The topological polar surface area (TPSA) is 43.7 Å². The Bertz CT molecular complexity index is 184. The number of aliphatic hydroxyl groups is 2.